The standard InChI is InChI=1S/C13H11NO5S/c1-19-13(18)11-8(5-6-20-11)14-12(17)7-3-2-4-9(15)10(7)16/h2-6,15-16H,1H3,(H,14,17). The van der Waals surface area contributed by atoms with E-state index in [4.69, 9.17) is 0 Å². The summed E-state index contributed by atoms with van der Waals surface area (Å²) >= 11 is 1.13. The van der Waals surface area contributed by atoms with Crippen molar-refractivity contribution in [1.82, 2.24) is 0 Å². The van der Waals surface area contributed by atoms with Gasteiger partial charge in [-0.2, -0.15) is 0 Å². The molecule has 1 aromatic carbocycles. The lowest BCUT2D eigenvalue weighted by Crippen LogP contribution is -2.14. The van der Waals surface area contributed by atoms with Crippen LogP contribution in [0.1, 0.15) is 20.0 Å². The number of hydrogen-bond donors (Lipinski definition) is 3. The molecule has 0 atom stereocenters. The van der Waals surface area contributed by atoms with Crippen LogP contribution in [0.2, 0.25) is 0 Å². The van der Waals surface area contributed by atoms with Gasteiger partial charge in [0.25, 0.3) is 5.91 Å². The molecule has 0 fully saturated rings. The van der Waals surface area contributed by atoms with E-state index in [2.05, 4.69) is 10.1 Å². The molecule has 3 N–H and O–H groups in total. The normalized spacial score (nSPS) is 10.1. The van der Waals surface area contributed by atoms with Gasteiger partial charge in [-0.05, 0) is 23.6 Å². The smallest absolute Gasteiger partial charge is 0.350 e. The number of amides is 1. The Bertz CT molecular complexity index is 665. The first-order chi connectivity index (χ1) is 9.54. The van der Waals surface area contributed by atoms with Crippen LogP contribution in [0.25, 0.3) is 0 Å². The van der Waals surface area contributed by atoms with E-state index < -0.39 is 23.4 Å². The minimum atomic E-state index is -0.637. The van der Waals surface area contributed by atoms with E-state index in [-0.39, 0.29) is 16.1 Å². The third-order valence-electron chi connectivity index (χ3n) is 2.54. The lowest BCUT2D eigenvalue weighted by molar-refractivity contribution is 0.0607. The number of benzene rings is 1. The summed E-state index contributed by atoms with van der Waals surface area (Å²) in [5.41, 5.74) is 0.196. The van der Waals surface area contributed by atoms with Crippen molar-refractivity contribution in [3.8, 4) is 11.5 Å². The average Bonchev–Trinajstić information content (AvgIpc) is 2.89. The summed E-state index contributed by atoms with van der Waals surface area (Å²) in [6.07, 6.45) is 0. The van der Waals surface area contributed by atoms with Gasteiger partial charge in [0.05, 0.1) is 18.4 Å². The molecule has 0 radical (unpaired) electrons. The number of para-hydroxylation sites is 1. The second-order valence-corrected chi connectivity index (χ2v) is 4.70. The molecule has 1 heterocycles. The molecule has 1 amide bonds. The van der Waals surface area contributed by atoms with Crippen molar-refractivity contribution in [2.45, 2.75) is 0 Å². The van der Waals surface area contributed by atoms with Crippen LogP contribution in [-0.2, 0) is 4.74 Å². The molecule has 0 bridgehead atoms. The summed E-state index contributed by atoms with van der Waals surface area (Å²) in [5, 5.41) is 23.1. The number of ether oxygens (including phenoxy) is 1. The van der Waals surface area contributed by atoms with Gasteiger partial charge in [-0.15, -0.1) is 11.3 Å². The van der Waals surface area contributed by atoms with Gasteiger partial charge in [-0.25, -0.2) is 4.79 Å². The van der Waals surface area contributed by atoms with Crippen LogP contribution in [0, 0.1) is 0 Å². The summed E-state index contributed by atoms with van der Waals surface area (Å²) in [6.45, 7) is 0. The van der Waals surface area contributed by atoms with E-state index in [0.29, 0.717) is 0 Å². The monoisotopic (exact) mass is 293 g/mol. The molecule has 7 heteroatoms. The van der Waals surface area contributed by atoms with Crippen molar-refractivity contribution < 1.29 is 24.5 Å². The van der Waals surface area contributed by atoms with Crippen LogP contribution in [0.3, 0.4) is 0 Å². The molecule has 104 valence electrons. The minimum absolute atomic E-state index is 0.0907. The fourth-order valence-electron chi connectivity index (χ4n) is 1.56. The molecular formula is C13H11NO5S. The minimum Gasteiger partial charge on any atom is -0.504 e. The molecule has 0 saturated heterocycles. The Morgan fingerprint density at radius 3 is 2.70 bits per heavy atom. The van der Waals surface area contributed by atoms with Crippen LogP contribution < -0.4 is 5.32 Å². The van der Waals surface area contributed by atoms with E-state index in [1.807, 2.05) is 0 Å². The topological polar surface area (TPSA) is 95.9 Å². The maximum absolute atomic E-state index is 12.0. The maximum Gasteiger partial charge on any atom is 0.350 e. The summed E-state index contributed by atoms with van der Waals surface area (Å²) in [6, 6.07) is 5.60. The molecule has 0 spiro atoms. The highest BCUT2D eigenvalue weighted by Crippen LogP contribution is 2.30. The Morgan fingerprint density at radius 2 is 2.00 bits per heavy atom. The second-order valence-electron chi connectivity index (χ2n) is 3.78. The molecular weight excluding hydrogens is 282 g/mol. The molecule has 2 rings (SSSR count). The molecule has 2 aromatic rings. The molecule has 20 heavy (non-hydrogen) atoms. The number of carbonyl (C=O) groups excluding carboxylic acids is 2. The third-order valence-corrected chi connectivity index (χ3v) is 3.44. The zero-order valence-corrected chi connectivity index (χ0v) is 11.2. The van der Waals surface area contributed by atoms with E-state index >= 15 is 0 Å². The fourth-order valence-corrected chi connectivity index (χ4v) is 2.33. The first-order valence-electron chi connectivity index (χ1n) is 5.52. The number of hydrogen-bond acceptors (Lipinski definition) is 6. The Labute approximate surface area is 118 Å². The first kappa shape index (κ1) is 13.9. The molecule has 0 unspecified atom stereocenters. The number of phenolic OH excluding ortho intramolecular Hbond substituents is 2. The highest BCUT2D eigenvalue weighted by molar-refractivity contribution is 7.12. The van der Waals surface area contributed by atoms with Gasteiger partial charge >= 0.3 is 5.97 Å². The van der Waals surface area contributed by atoms with E-state index in [1.165, 1.54) is 25.3 Å². The van der Waals surface area contributed by atoms with Crippen molar-refractivity contribution in [2.24, 2.45) is 0 Å². The average molecular weight is 293 g/mol. The number of rotatable bonds is 3. The zero-order valence-electron chi connectivity index (χ0n) is 10.4. The summed E-state index contributed by atoms with van der Waals surface area (Å²) in [5.74, 6) is -2.10. The Kier molecular flexibility index (Phi) is 3.90. The van der Waals surface area contributed by atoms with Gasteiger partial charge in [0.2, 0.25) is 0 Å². The van der Waals surface area contributed by atoms with Crippen LogP contribution in [-0.4, -0.2) is 29.2 Å². The molecule has 0 aliphatic rings. The quantitative estimate of drug-likeness (QED) is 0.595. The number of anilines is 1. The fraction of sp³-hybridized carbons (Fsp3) is 0.0769. The van der Waals surface area contributed by atoms with Gasteiger partial charge in [0.1, 0.15) is 4.88 Å². The van der Waals surface area contributed by atoms with Crippen molar-refractivity contribution in [2.75, 3.05) is 12.4 Å². The SMILES string of the molecule is COC(=O)c1sccc1NC(=O)c1cccc(O)c1O. The largest absolute Gasteiger partial charge is 0.504 e. The van der Waals surface area contributed by atoms with Gasteiger partial charge in [0, 0.05) is 0 Å². The van der Waals surface area contributed by atoms with E-state index in [9.17, 15) is 19.8 Å². The van der Waals surface area contributed by atoms with E-state index in [0.717, 1.165) is 11.3 Å². The van der Waals surface area contributed by atoms with Crippen LogP contribution in [0.5, 0.6) is 11.5 Å². The molecule has 1 aromatic heterocycles. The van der Waals surface area contributed by atoms with Gasteiger partial charge < -0.3 is 20.3 Å². The molecule has 0 aliphatic carbocycles. The highest BCUT2D eigenvalue weighted by Gasteiger charge is 2.19. The molecule has 6 nitrogen and oxygen atoms in total. The lowest BCUT2D eigenvalue weighted by atomic mass is 10.1. The van der Waals surface area contributed by atoms with Crippen LogP contribution in [0.4, 0.5) is 5.69 Å². The van der Waals surface area contributed by atoms with Crippen molar-refractivity contribution >= 4 is 28.9 Å². The van der Waals surface area contributed by atoms with Crippen molar-refractivity contribution in [1.29, 1.82) is 0 Å². The van der Waals surface area contributed by atoms with Gasteiger partial charge in [-0.3, -0.25) is 4.79 Å². The maximum atomic E-state index is 12.0. The second kappa shape index (κ2) is 5.62. The van der Waals surface area contributed by atoms with Crippen LogP contribution in [0.15, 0.2) is 29.6 Å². The number of methoxy groups -OCH3 is 1. The predicted octanol–water partition coefficient (Wildman–Crippen LogP) is 2.20. The molecule has 0 aliphatic heterocycles. The number of esters is 1. The number of aromatic hydroxyl groups is 2. The first-order valence-corrected chi connectivity index (χ1v) is 6.40. The van der Waals surface area contributed by atoms with Crippen LogP contribution >= 0.6 is 11.3 Å². The predicted molar refractivity (Wildman–Crippen MR) is 73.4 cm³/mol. The zero-order chi connectivity index (χ0) is 14.7. The third kappa shape index (κ3) is 2.57. The number of carbonyl (C=O) groups is 2. The Morgan fingerprint density at radius 1 is 1.25 bits per heavy atom. The Balaban J connectivity index is 2.27. The lowest BCUT2D eigenvalue weighted by Gasteiger charge is -2.07. The van der Waals surface area contributed by atoms with Crippen molar-refractivity contribution in [3.05, 3.63) is 40.1 Å². The van der Waals surface area contributed by atoms with E-state index in [1.54, 1.807) is 11.4 Å². The van der Waals surface area contributed by atoms with Gasteiger partial charge in [-0.1, -0.05) is 6.07 Å². The number of thiophene rings is 1. The van der Waals surface area contributed by atoms with Gasteiger partial charge in [0.15, 0.2) is 11.5 Å². The summed E-state index contributed by atoms with van der Waals surface area (Å²) in [4.78, 5) is 23.8. The Hall–Kier alpha value is -2.54. The van der Waals surface area contributed by atoms with Crippen molar-refractivity contribution in [3.63, 3.8) is 0 Å². The number of phenols is 2. The number of nitrogens with one attached hydrogen (secondary N) is 1. The summed E-state index contributed by atoms with van der Waals surface area (Å²) in [7, 11) is 1.24. The molecule has 0 saturated carbocycles. The summed E-state index contributed by atoms with van der Waals surface area (Å²) < 4.78 is 4.60. The highest BCUT2D eigenvalue weighted by atomic mass is 32.1.